The van der Waals surface area contributed by atoms with Gasteiger partial charge in [-0.3, -0.25) is 9.78 Å². The fourth-order valence-electron chi connectivity index (χ4n) is 2.93. The quantitative estimate of drug-likeness (QED) is 0.577. The summed E-state index contributed by atoms with van der Waals surface area (Å²) in [7, 11) is 0. The number of amides is 1. The first-order chi connectivity index (χ1) is 12.7. The van der Waals surface area contributed by atoms with E-state index in [1.165, 1.54) is 0 Å². The van der Waals surface area contributed by atoms with Crippen LogP contribution in [0.25, 0.3) is 16.6 Å². The van der Waals surface area contributed by atoms with Crippen molar-refractivity contribution in [1.29, 1.82) is 0 Å². The number of carbonyl (C=O) groups is 1. The van der Waals surface area contributed by atoms with Gasteiger partial charge in [0.2, 0.25) is 0 Å². The van der Waals surface area contributed by atoms with Crippen LogP contribution >= 0.6 is 11.6 Å². The number of fused-ring (bicyclic) bond motifs is 1. The Hall–Kier alpha value is -3.11. The van der Waals surface area contributed by atoms with Gasteiger partial charge in [0, 0.05) is 41.1 Å². The molecule has 0 spiro atoms. The van der Waals surface area contributed by atoms with Gasteiger partial charge in [0.1, 0.15) is 0 Å². The zero-order chi connectivity index (χ0) is 17.9. The molecule has 0 fully saturated rings. The lowest BCUT2D eigenvalue weighted by atomic mass is 10.1. The molecule has 1 N–H and O–H groups in total. The Morgan fingerprint density at radius 2 is 1.85 bits per heavy atom. The van der Waals surface area contributed by atoms with Gasteiger partial charge in [-0.2, -0.15) is 0 Å². The number of carbonyl (C=O) groups excluding carboxylic acids is 1. The number of nitrogens with one attached hydrogen (secondary N) is 1. The molecule has 2 aromatic heterocycles. The number of hydrogen-bond donors (Lipinski definition) is 1. The van der Waals surface area contributed by atoms with E-state index in [-0.39, 0.29) is 5.91 Å². The summed E-state index contributed by atoms with van der Waals surface area (Å²) in [6.07, 6.45) is 5.49. The molecule has 0 unspecified atom stereocenters. The van der Waals surface area contributed by atoms with E-state index < -0.39 is 0 Å². The predicted molar refractivity (Wildman–Crippen MR) is 104 cm³/mol. The second kappa shape index (κ2) is 7.02. The number of pyridine rings is 1. The molecule has 2 heterocycles. The maximum atomic E-state index is 12.6. The molecular weight excluding hydrogens is 346 g/mol. The third-order valence-electron chi connectivity index (χ3n) is 4.26. The average molecular weight is 362 g/mol. The highest BCUT2D eigenvalue weighted by Crippen LogP contribution is 2.23. The monoisotopic (exact) mass is 361 g/mol. The van der Waals surface area contributed by atoms with E-state index >= 15 is 0 Å². The first kappa shape index (κ1) is 16.4. The zero-order valence-electron chi connectivity index (χ0n) is 13.9. The van der Waals surface area contributed by atoms with Crippen LogP contribution in [0.15, 0.2) is 79.3 Å². The van der Waals surface area contributed by atoms with Gasteiger partial charge in [-0.1, -0.05) is 35.9 Å². The SMILES string of the molecule is O=C(NCc1c(Cl)cccc1-n1cccc1)c1cnc2ccccc2c1. The Morgan fingerprint density at radius 3 is 2.69 bits per heavy atom. The summed E-state index contributed by atoms with van der Waals surface area (Å²) in [6.45, 7) is 0.332. The number of hydrogen-bond acceptors (Lipinski definition) is 2. The van der Waals surface area contributed by atoms with Crippen molar-refractivity contribution in [3.8, 4) is 5.69 Å². The lowest BCUT2D eigenvalue weighted by Crippen LogP contribution is -2.23. The maximum absolute atomic E-state index is 12.6. The van der Waals surface area contributed by atoms with Crippen molar-refractivity contribution in [2.45, 2.75) is 6.54 Å². The molecule has 4 rings (SSSR count). The Labute approximate surface area is 156 Å². The summed E-state index contributed by atoms with van der Waals surface area (Å²) in [5.41, 5.74) is 3.20. The molecule has 0 saturated heterocycles. The van der Waals surface area contributed by atoms with E-state index in [0.29, 0.717) is 17.1 Å². The van der Waals surface area contributed by atoms with Crippen molar-refractivity contribution < 1.29 is 4.79 Å². The van der Waals surface area contributed by atoms with Crippen LogP contribution in [0.5, 0.6) is 0 Å². The molecule has 128 valence electrons. The molecule has 1 amide bonds. The summed E-state index contributed by atoms with van der Waals surface area (Å²) < 4.78 is 1.98. The highest BCUT2D eigenvalue weighted by atomic mass is 35.5. The molecule has 4 aromatic rings. The number of aromatic nitrogens is 2. The average Bonchev–Trinajstić information content (AvgIpc) is 3.21. The molecule has 0 radical (unpaired) electrons. The number of halogens is 1. The van der Waals surface area contributed by atoms with Crippen molar-refractivity contribution in [2.24, 2.45) is 0 Å². The number of nitrogens with zero attached hydrogens (tertiary/aromatic N) is 2. The summed E-state index contributed by atoms with van der Waals surface area (Å²) in [6, 6.07) is 19.2. The van der Waals surface area contributed by atoms with Gasteiger partial charge >= 0.3 is 0 Å². The second-order valence-electron chi connectivity index (χ2n) is 5.93. The molecule has 0 aliphatic carbocycles. The van der Waals surface area contributed by atoms with Crippen LogP contribution in [-0.4, -0.2) is 15.5 Å². The van der Waals surface area contributed by atoms with Crippen LogP contribution in [0.2, 0.25) is 5.02 Å². The molecule has 4 nitrogen and oxygen atoms in total. The molecule has 0 saturated carbocycles. The lowest BCUT2D eigenvalue weighted by Gasteiger charge is -2.13. The molecule has 0 bridgehead atoms. The van der Waals surface area contributed by atoms with Gasteiger partial charge in [0.25, 0.3) is 5.91 Å². The maximum Gasteiger partial charge on any atom is 0.253 e. The van der Waals surface area contributed by atoms with Crippen molar-refractivity contribution >= 4 is 28.4 Å². The van der Waals surface area contributed by atoms with Crippen LogP contribution in [0.4, 0.5) is 0 Å². The summed E-state index contributed by atoms with van der Waals surface area (Å²) in [5, 5.41) is 4.50. The fourth-order valence-corrected chi connectivity index (χ4v) is 3.16. The third-order valence-corrected chi connectivity index (χ3v) is 4.61. The summed E-state index contributed by atoms with van der Waals surface area (Å²) in [5.74, 6) is -0.179. The van der Waals surface area contributed by atoms with Crippen LogP contribution in [0.1, 0.15) is 15.9 Å². The Balaban J connectivity index is 1.58. The van der Waals surface area contributed by atoms with E-state index in [0.717, 1.165) is 22.2 Å². The van der Waals surface area contributed by atoms with Crippen LogP contribution in [-0.2, 0) is 6.54 Å². The Kier molecular flexibility index (Phi) is 4.42. The van der Waals surface area contributed by atoms with Gasteiger partial charge < -0.3 is 9.88 Å². The highest BCUT2D eigenvalue weighted by molar-refractivity contribution is 6.31. The van der Waals surface area contributed by atoms with Gasteiger partial charge in [-0.15, -0.1) is 0 Å². The first-order valence-corrected chi connectivity index (χ1v) is 8.64. The van der Waals surface area contributed by atoms with Crippen molar-refractivity contribution in [3.05, 3.63) is 95.4 Å². The standard InChI is InChI=1S/C21H16ClN3O/c22-18-7-5-9-20(25-10-3-4-11-25)17(18)14-24-21(26)16-12-15-6-1-2-8-19(15)23-13-16/h1-13H,14H2,(H,24,26). The first-order valence-electron chi connectivity index (χ1n) is 8.26. The molecule has 2 aromatic carbocycles. The minimum absolute atomic E-state index is 0.179. The van der Waals surface area contributed by atoms with E-state index in [4.69, 9.17) is 11.6 Å². The number of benzene rings is 2. The molecule has 0 aliphatic rings. The normalized spacial score (nSPS) is 10.8. The Morgan fingerprint density at radius 1 is 1.04 bits per heavy atom. The van der Waals surface area contributed by atoms with E-state index in [1.807, 2.05) is 77.6 Å². The van der Waals surface area contributed by atoms with E-state index in [2.05, 4.69) is 10.3 Å². The smallest absolute Gasteiger partial charge is 0.253 e. The molecular formula is C21H16ClN3O. The minimum atomic E-state index is -0.179. The van der Waals surface area contributed by atoms with E-state index in [1.54, 1.807) is 6.20 Å². The van der Waals surface area contributed by atoms with Crippen LogP contribution in [0, 0.1) is 0 Å². The van der Waals surface area contributed by atoms with Gasteiger partial charge in [0.05, 0.1) is 16.8 Å². The molecule has 26 heavy (non-hydrogen) atoms. The van der Waals surface area contributed by atoms with Gasteiger partial charge in [0.15, 0.2) is 0 Å². The second-order valence-corrected chi connectivity index (χ2v) is 6.33. The summed E-state index contributed by atoms with van der Waals surface area (Å²) in [4.78, 5) is 16.9. The molecule has 5 heteroatoms. The Bertz CT molecular complexity index is 1070. The van der Waals surface area contributed by atoms with Crippen LogP contribution in [0.3, 0.4) is 0 Å². The molecule has 0 aliphatic heterocycles. The van der Waals surface area contributed by atoms with Crippen molar-refractivity contribution in [1.82, 2.24) is 14.9 Å². The largest absolute Gasteiger partial charge is 0.348 e. The number of rotatable bonds is 4. The fraction of sp³-hybridized carbons (Fsp3) is 0.0476. The van der Waals surface area contributed by atoms with Crippen LogP contribution < -0.4 is 5.32 Å². The highest BCUT2D eigenvalue weighted by Gasteiger charge is 2.12. The van der Waals surface area contributed by atoms with Gasteiger partial charge in [-0.25, -0.2) is 0 Å². The molecule has 0 atom stereocenters. The lowest BCUT2D eigenvalue weighted by molar-refractivity contribution is 0.0951. The minimum Gasteiger partial charge on any atom is -0.348 e. The predicted octanol–water partition coefficient (Wildman–Crippen LogP) is 4.61. The zero-order valence-corrected chi connectivity index (χ0v) is 14.6. The summed E-state index contributed by atoms with van der Waals surface area (Å²) >= 11 is 6.38. The number of para-hydroxylation sites is 1. The van der Waals surface area contributed by atoms with E-state index in [9.17, 15) is 4.79 Å². The topological polar surface area (TPSA) is 46.9 Å². The van der Waals surface area contributed by atoms with Crippen molar-refractivity contribution in [2.75, 3.05) is 0 Å². The van der Waals surface area contributed by atoms with Gasteiger partial charge in [-0.05, 0) is 36.4 Å². The third kappa shape index (κ3) is 3.19. The van der Waals surface area contributed by atoms with Crippen molar-refractivity contribution in [3.63, 3.8) is 0 Å².